The minimum Gasteiger partial charge on any atom is -0.115 e. The van der Waals surface area contributed by atoms with E-state index in [1.165, 1.54) is 0 Å². The Labute approximate surface area is 76.7 Å². The second-order valence-electron chi connectivity index (χ2n) is 1.42. The molecule has 9 heavy (non-hydrogen) atoms. The number of terminal acetylenes is 1. The third kappa shape index (κ3) is 2.57. The number of benzene rings is 1. The Morgan fingerprint density at radius 2 is 2.33 bits per heavy atom. The minimum absolute atomic E-state index is 0. The molecule has 0 aromatic heterocycles. The van der Waals surface area contributed by atoms with Gasteiger partial charge >= 0.3 is 0 Å². The van der Waals surface area contributed by atoms with Crippen molar-refractivity contribution >= 4 is 23.9 Å². The van der Waals surface area contributed by atoms with Crippen LogP contribution in [-0.4, -0.2) is 23.9 Å². The molecule has 0 amide bonds. The molecule has 0 N–H and O–H groups in total. The van der Waals surface area contributed by atoms with Gasteiger partial charge in [-0.1, -0.05) is 24.1 Å². The van der Waals surface area contributed by atoms with E-state index >= 15 is 0 Å². The van der Waals surface area contributed by atoms with Crippen molar-refractivity contribution in [2.75, 3.05) is 0 Å². The van der Waals surface area contributed by atoms with Crippen molar-refractivity contribution in [3.8, 4) is 12.3 Å². The Kier molecular flexibility index (Phi) is 4.25. The van der Waals surface area contributed by atoms with Crippen LogP contribution in [0.15, 0.2) is 24.3 Å². The molecule has 0 bridgehead atoms. The Morgan fingerprint density at radius 1 is 1.56 bits per heavy atom. The number of rotatable bonds is 0. The third-order valence-electron chi connectivity index (χ3n) is 0.865. The van der Waals surface area contributed by atoms with E-state index in [0.717, 1.165) is 5.56 Å². The zero-order valence-electron chi connectivity index (χ0n) is 4.89. The molecule has 0 heterocycles. The van der Waals surface area contributed by atoms with Crippen molar-refractivity contribution in [2.45, 2.75) is 0 Å². The van der Waals surface area contributed by atoms with Crippen LogP contribution >= 0.6 is 0 Å². The molecule has 0 aliphatic carbocycles. The maximum Gasteiger partial charge on any atom is 0.0321 e. The zero-order chi connectivity index (χ0) is 5.82. The van der Waals surface area contributed by atoms with Crippen LogP contribution in [0.3, 0.4) is 0 Å². The Hall–Kier alpha value is -0.421. The van der Waals surface area contributed by atoms with Crippen LogP contribution in [0.2, 0.25) is 0 Å². The third-order valence-corrected chi connectivity index (χ3v) is 0.865. The Bertz CT molecular complexity index is 205. The number of hydrogen-bond donors (Lipinski definition) is 0. The summed E-state index contributed by atoms with van der Waals surface area (Å²) >= 11 is 0. The van der Waals surface area contributed by atoms with Gasteiger partial charge in [-0.2, -0.15) is 0 Å². The molecule has 1 aromatic rings. The molecule has 0 aliphatic rings. The van der Waals surface area contributed by atoms with Crippen molar-refractivity contribution in [3.05, 3.63) is 35.9 Å². The normalized spacial score (nSPS) is 7.00. The maximum absolute atomic E-state index is 5.07. The van der Waals surface area contributed by atoms with Crippen LogP contribution in [0, 0.1) is 18.4 Å². The van der Waals surface area contributed by atoms with E-state index in [4.69, 9.17) is 6.42 Å². The first-order valence-corrected chi connectivity index (χ1v) is 2.37. The molecule has 0 saturated carbocycles. The molecular formula is C8H11Sn. The van der Waals surface area contributed by atoms with Gasteiger partial charge in [-0.3, -0.25) is 0 Å². The Balaban J connectivity index is -0.0000000800. The van der Waals surface area contributed by atoms with Crippen molar-refractivity contribution in [3.63, 3.8) is 0 Å². The predicted molar refractivity (Wildman–Crippen MR) is 45.3 cm³/mol. The fraction of sp³-hybridized carbons (Fsp3) is 0. The van der Waals surface area contributed by atoms with Gasteiger partial charge in [0.1, 0.15) is 0 Å². The molecule has 0 saturated heterocycles. The SMILES string of the molecule is C#Cc1[c]cccc1.[HH].[HH].[HH].[Sn]. The van der Waals surface area contributed by atoms with Crippen molar-refractivity contribution in [1.29, 1.82) is 0 Å². The summed E-state index contributed by atoms with van der Waals surface area (Å²) < 4.78 is 0. The Morgan fingerprint density at radius 3 is 2.67 bits per heavy atom. The average Bonchev–Trinajstić information content (AvgIpc) is 1.90. The van der Waals surface area contributed by atoms with Gasteiger partial charge < -0.3 is 0 Å². The first-order valence-electron chi connectivity index (χ1n) is 2.37. The molecule has 47 valence electrons. The zero-order valence-corrected chi connectivity index (χ0v) is 7.74. The molecule has 0 spiro atoms. The summed E-state index contributed by atoms with van der Waals surface area (Å²) in [5.74, 6) is 2.47. The van der Waals surface area contributed by atoms with Gasteiger partial charge in [0.05, 0.1) is 0 Å². The fourth-order valence-electron chi connectivity index (χ4n) is 0.483. The van der Waals surface area contributed by atoms with E-state index in [1.54, 1.807) is 6.07 Å². The van der Waals surface area contributed by atoms with E-state index < -0.39 is 0 Å². The summed E-state index contributed by atoms with van der Waals surface area (Å²) in [4.78, 5) is 0. The molecule has 0 fully saturated rings. The van der Waals surface area contributed by atoms with E-state index in [2.05, 4.69) is 12.0 Å². The molecular weight excluding hydrogens is 215 g/mol. The summed E-state index contributed by atoms with van der Waals surface area (Å²) in [6, 6.07) is 10.3. The maximum atomic E-state index is 5.07. The van der Waals surface area contributed by atoms with Gasteiger partial charge in [-0.15, -0.1) is 6.42 Å². The van der Waals surface area contributed by atoms with Crippen LogP contribution in [-0.2, 0) is 0 Å². The predicted octanol–water partition coefficient (Wildman–Crippen LogP) is 1.83. The molecule has 0 nitrogen and oxygen atoms in total. The van der Waals surface area contributed by atoms with Crippen LogP contribution in [0.4, 0.5) is 0 Å². The van der Waals surface area contributed by atoms with Gasteiger partial charge in [0, 0.05) is 33.8 Å². The summed E-state index contributed by atoms with van der Waals surface area (Å²) in [5.41, 5.74) is 0.813. The molecule has 0 atom stereocenters. The van der Waals surface area contributed by atoms with E-state index in [9.17, 15) is 0 Å². The summed E-state index contributed by atoms with van der Waals surface area (Å²) in [6.07, 6.45) is 5.07. The molecule has 0 aliphatic heterocycles. The van der Waals surface area contributed by atoms with Gasteiger partial charge in [-0.25, -0.2) is 0 Å². The smallest absolute Gasteiger partial charge is 0.0321 e. The van der Waals surface area contributed by atoms with Gasteiger partial charge in [0.15, 0.2) is 0 Å². The molecule has 1 aromatic carbocycles. The van der Waals surface area contributed by atoms with Gasteiger partial charge in [0.25, 0.3) is 0 Å². The largest absolute Gasteiger partial charge is 0.115 e. The topological polar surface area (TPSA) is 0 Å². The van der Waals surface area contributed by atoms with Crippen LogP contribution < -0.4 is 0 Å². The number of hydrogen-bond acceptors (Lipinski definition) is 0. The standard InChI is InChI=1S/C8H5.Sn.3H2/c1-2-8-6-4-3-5-7-8;;;;/h1,3-6H;;3*1H. The quantitative estimate of drug-likeness (QED) is 0.467. The van der Waals surface area contributed by atoms with Crippen LogP contribution in [0.1, 0.15) is 9.84 Å². The van der Waals surface area contributed by atoms with E-state index in [-0.39, 0.29) is 28.2 Å². The first kappa shape index (κ1) is 8.58. The molecule has 1 rings (SSSR count). The minimum atomic E-state index is 0. The van der Waals surface area contributed by atoms with Gasteiger partial charge in [0.2, 0.25) is 0 Å². The summed E-state index contributed by atoms with van der Waals surface area (Å²) in [5, 5.41) is 0. The van der Waals surface area contributed by atoms with Crippen LogP contribution in [0.5, 0.6) is 0 Å². The monoisotopic (exact) mass is 227 g/mol. The average molecular weight is 226 g/mol. The summed E-state index contributed by atoms with van der Waals surface area (Å²) in [6.45, 7) is 0. The van der Waals surface area contributed by atoms with Gasteiger partial charge in [-0.05, 0) is 12.1 Å². The molecule has 0 unspecified atom stereocenters. The van der Waals surface area contributed by atoms with Crippen LogP contribution in [0.25, 0.3) is 0 Å². The first-order chi connectivity index (χ1) is 3.93. The van der Waals surface area contributed by atoms with Crippen molar-refractivity contribution in [2.24, 2.45) is 0 Å². The second-order valence-corrected chi connectivity index (χ2v) is 1.42. The van der Waals surface area contributed by atoms with E-state index in [1.807, 2.05) is 18.2 Å². The van der Waals surface area contributed by atoms with Crippen molar-refractivity contribution in [1.82, 2.24) is 0 Å². The summed E-state index contributed by atoms with van der Waals surface area (Å²) in [7, 11) is 0. The second kappa shape index (κ2) is 4.46. The van der Waals surface area contributed by atoms with Crippen molar-refractivity contribution < 1.29 is 4.28 Å². The fourth-order valence-corrected chi connectivity index (χ4v) is 0.483. The van der Waals surface area contributed by atoms with E-state index in [0.29, 0.717) is 0 Å². The molecule has 1 heteroatoms. The molecule has 5 radical (unpaired) electrons.